The number of anilines is 1. The van der Waals surface area contributed by atoms with Gasteiger partial charge in [-0.3, -0.25) is 9.69 Å². The molecule has 1 aromatic rings. The molecule has 1 amide bonds. The molecule has 0 spiro atoms. The summed E-state index contributed by atoms with van der Waals surface area (Å²) in [4.78, 5) is 13.4. The number of nitriles is 1. The first kappa shape index (κ1) is 18.2. The minimum atomic E-state index is -4.65. The van der Waals surface area contributed by atoms with Crippen LogP contribution in [-0.2, 0) is 4.79 Å². The van der Waals surface area contributed by atoms with E-state index in [9.17, 15) is 23.1 Å². The van der Waals surface area contributed by atoms with Crippen LogP contribution in [0.15, 0.2) is 24.3 Å². The van der Waals surface area contributed by atoms with E-state index in [1.807, 2.05) is 6.07 Å². The van der Waals surface area contributed by atoms with E-state index in [-0.39, 0.29) is 25.3 Å². The largest absolute Gasteiger partial charge is 0.415 e. The number of likely N-dealkylation sites (tertiary alicyclic amines) is 1. The molecule has 0 aliphatic carbocycles. The van der Waals surface area contributed by atoms with E-state index in [0.29, 0.717) is 24.2 Å². The topological polar surface area (TPSA) is 76.4 Å². The lowest BCUT2D eigenvalue weighted by Gasteiger charge is -2.29. The molecule has 0 bridgehead atoms. The number of alkyl halides is 3. The van der Waals surface area contributed by atoms with E-state index in [1.165, 1.54) is 4.90 Å². The Morgan fingerprint density at radius 3 is 2.67 bits per heavy atom. The van der Waals surface area contributed by atoms with E-state index in [4.69, 9.17) is 5.26 Å². The van der Waals surface area contributed by atoms with Crippen LogP contribution in [0, 0.1) is 11.3 Å². The highest BCUT2D eigenvalue weighted by molar-refractivity contribution is 5.90. The maximum Gasteiger partial charge on any atom is 0.415 e. The zero-order valence-electron chi connectivity index (χ0n) is 12.9. The number of aliphatic hydroxyl groups excluding tert-OH is 1. The van der Waals surface area contributed by atoms with E-state index >= 15 is 0 Å². The number of benzene rings is 1. The molecule has 130 valence electrons. The summed E-state index contributed by atoms with van der Waals surface area (Å²) in [6, 6.07) is 7.26. The third-order valence-corrected chi connectivity index (χ3v) is 4.04. The fourth-order valence-corrected chi connectivity index (χ4v) is 2.80. The van der Waals surface area contributed by atoms with Gasteiger partial charge in [0.15, 0.2) is 6.10 Å². The smallest absolute Gasteiger partial charge is 0.382 e. The van der Waals surface area contributed by atoms with Crippen molar-refractivity contribution in [2.45, 2.75) is 37.6 Å². The number of carbonyl (C=O) groups is 1. The van der Waals surface area contributed by atoms with Crippen molar-refractivity contribution in [3.05, 3.63) is 29.8 Å². The molecular weight excluding hydrogens is 323 g/mol. The highest BCUT2D eigenvalue weighted by Crippen LogP contribution is 2.30. The summed E-state index contributed by atoms with van der Waals surface area (Å²) in [7, 11) is 0. The molecule has 1 saturated heterocycles. The van der Waals surface area contributed by atoms with Crippen LogP contribution in [0.1, 0.15) is 24.8 Å². The second kappa shape index (κ2) is 7.64. The zero-order valence-corrected chi connectivity index (χ0v) is 12.9. The molecule has 2 atom stereocenters. The second-order valence-electron chi connectivity index (χ2n) is 5.72. The summed E-state index contributed by atoms with van der Waals surface area (Å²) < 4.78 is 37.9. The fourth-order valence-electron chi connectivity index (χ4n) is 2.80. The lowest BCUT2D eigenvalue weighted by atomic mass is 10.1. The molecule has 0 aromatic heterocycles. The first-order valence-corrected chi connectivity index (χ1v) is 7.60. The van der Waals surface area contributed by atoms with Crippen molar-refractivity contribution in [3.63, 3.8) is 0 Å². The van der Waals surface area contributed by atoms with Crippen molar-refractivity contribution in [1.82, 2.24) is 4.90 Å². The number of nitrogens with zero attached hydrogens (tertiary/aromatic N) is 2. The second-order valence-corrected chi connectivity index (χ2v) is 5.72. The summed E-state index contributed by atoms with van der Waals surface area (Å²) in [6.07, 6.45) is -6.19. The normalized spacial score (nSPS) is 19.7. The molecule has 0 radical (unpaired) electrons. The van der Waals surface area contributed by atoms with Gasteiger partial charge in [0.1, 0.15) is 0 Å². The lowest BCUT2D eigenvalue weighted by molar-refractivity contribution is -0.219. The molecule has 8 heteroatoms. The molecule has 24 heavy (non-hydrogen) atoms. The average Bonchev–Trinajstić information content (AvgIpc) is 3.00. The zero-order chi connectivity index (χ0) is 17.7. The number of carbonyl (C=O) groups excluding carboxylic acids is 1. The number of hydrogen-bond donors (Lipinski definition) is 2. The molecule has 1 aromatic carbocycles. The van der Waals surface area contributed by atoms with Crippen LogP contribution in [0.25, 0.3) is 0 Å². The van der Waals surface area contributed by atoms with Gasteiger partial charge >= 0.3 is 6.18 Å². The van der Waals surface area contributed by atoms with Crippen LogP contribution in [0.2, 0.25) is 0 Å². The third-order valence-electron chi connectivity index (χ3n) is 4.04. The van der Waals surface area contributed by atoms with Crippen LogP contribution < -0.4 is 5.32 Å². The molecule has 2 rings (SSSR count). The van der Waals surface area contributed by atoms with Gasteiger partial charge in [-0.1, -0.05) is 0 Å². The van der Waals surface area contributed by atoms with Crippen LogP contribution in [0.4, 0.5) is 18.9 Å². The maximum atomic E-state index is 12.6. The summed E-state index contributed by atoms with van der Waals surface area (Å²) in [6.45, 7) is 0.585. The first-order chi connectivity index (χ1) is 11.3. The highest BCUT2D eigenvalue weighted by Gasteiger charge is 2.46. The minimum absolute atomic E-state index is 0.0288. The Balaban J connectivity index is 1.85. The molecule has 1 fully saturated rings. The molecule has 0 unspecified atom stereocenters. The van der Waals surface area contributed by atoms with Gasteiger partial charge < -0.3 is 10.4 Å². The van der Waals surface area contributed by atoms with E-state index < -0.39 is 18.3 Å². The number of aliphatic hydroxyl groups is 1. The van der Waals surface area contributed by atoms with Crippen molar-refractivity contribution >= 4 is 11.6 Å². The molecule has 1 aliphatic heterocycles. The quantitative estimate of drug-likeness (QED) is 0.861. The van der Waals surface area contributed by atoms with Gasteiger partial charge in [0, 0.05) is 24.7 Å². The molecular formula is C16H18F3N3O2. The molecule has 0 saturated carbocycles. The molecule has 5 nitrogen and oxygen atoms in total. The van der Waals surface area contributed by atoms with Gasteiger partial charge in [-0.2, -0.15) is 18.4 Å². The average molecular weight is 341 g/mol. The third kappa shape index (κ3) is 4.69. The van der Waals surface area contributed by atoms with Crippen molar-refractivity contribution in [1.29, 1.82) is 5.26 Å². The number of rotatable bonds is 5. The Labute approximate surface area is 137 Å². The maximum absolute atomic E-state index is 12.6. The van der Waals surface area contributed by atoms with Crippen LogP contribution in [0.3, 0.4) is 0 Å². The molecule has 1 aliphatic rings. The van der Waals surface area contributed by atoms with Crippen LogP contribution in [-0.4, -0.2) is 47.3 Å². The summed E-state index contributed by atoms with van der Waals surface area (Å²) in [5.74, 6) is -0.327. The number of nitrogens with one attached hydrogen (secondary N) is 1. The summed E-state index contributed by atoms with van der Waals surface area (Å²) in [5.41, 5.74) is 0.987. The van der Waals surface area contributed by atoms with E-state index in [2.05, 4.69) is 5.32 Å². The SMILES string of the molecule is N#Cc1ccc(NC(=O)CCN2CCC[C@@H]2[C@@H](O)C(F)(F)F)cc1. The number of hydrogen-bond acceptors (Lipinski definition) is 4. The van der Waals surface area contributed by atoms with Gasteiger partial charge in [-0.25, -0.2) is 0 Å². The van der Waals surface area contributed by atoms with Crippen molar-refractivity contribution in [2.75, 3.05) is 18.4 Å². The van der Waals surface area contributed by atoms with Crippen LogP contribution in [0.5, 0.6) is 0 Å². The van der Waals surface area contributed by atoms with Crippen molar-refractivity contribution in [2.24, 2.45) is 0 Å². The fraction of sp³-hybridized carbons (Fsp3) is 0.500. The molecule has 1 heterocycles. The monoisotopic (exact) mass is 341 g/mol. The minimum Gasteiger partial charge on any atom is -0.382 e. The van der Waals surface area contributed by atoms with Gasteiger partial charge in [0.05, 0.1) is 11.6 Å². The standard InChI is InChI=1S/C16H18F3N3O2/c17-16(18,19)15(24)13-2-1-8-22(13)9-7-14(23)21-12-5-3-11(10-20)4-6-12/h3-6,13,15,24H,1-2,7-9H2,(H,21,23)/t13-,15-/m1/s1. The Morgan fingerprint density at radius 2 is 2.08 bits per heavy atom. The predicted molar refractivity (Wildman–Crippen MR) is 81.1 cm³/mol. The van der Waals surface area contributed by atoms with E-state index in [1.54, 1.807) is 24.3 Å². The number of amides is 1. The Kier molecular flexibility index (Phi) is 5.80. The van der Waals surface area contributed by atoms with Crippen molar-refractivity contribution in [3.8, 4) is 6.07 Å². The van der Waals surface area contributed by atoms with Gasteiger partial charge in [-0.05, 0) is 43.7 Å². The lowest BCUT2D eigenvalue weighted by Crippen LogP contribution is -2.47. The number of halogens is 3. The van der Waals surface area contributed by atoms with Gasteiger partial charge in [0.2, 0.25) is 5.91 Å². The summed E-state index contributed by atoms with van der Waals surface area (Å²) in [5, 5.41) is 20.7. The Morgan fingerprint density at radius 1 is 1.42 bits per heavy atom. The first-order valence-electron chi connectivity index (χ1n) is 7.60. The highest BCUT2D eigenvalue weighted by atomic mass is 19.4. The summed E-state index contributed by atoms with van der Waals surface area (Å²) >= 11 is 0. The van der Waals surface area contributed by atoms with Gasteiger partial charge in [0.25, 0.3) is 0 Å². The van der Waals surface area contributed by atoms with E-state index in [0.717, 1.165) is 0 Å². The van der Waals surface area contributed by atoms with Gasteiger partial charge in [-0.15, -0.1) is 0 Å². The van der Waals surface area contributed by atoms with Crippen molar-refractivity contribution < 1.29 is 23.1 Å². The predicted octanol–water partition coefficient (Wildman–Crippen LogP) is 2.27. The van der Waals surface area contributed by atoms with Crippen LogP contribution >= 0.6 is 0 Å². The molecule has 2 N–H and O–H groups in total. The Hall–Kier alpha value is -2.11. The Bertz CT molecular complexity index is 610.